The molecule has 0 aliphatic heterocycles. The lowest BCUT2D eigenvalue weighted by Gasteiger charge is -2.10. The number of nitrogens with zero attached hydrogens (tertiary/aromatic N) is 2. The van der Waals surface area contributed by atoms with Crippen LogP contribution in [0.5, 0.6) is 0 Å². The van der Waals surface area contributed by atoms with E-state index < -0.39 is 12.0 Å². The molecule has 0 radical (unpaired) electrons. The van der Waals surface area contributed by atoms with Crippen molar-refractivity contribution in [2.24, 2.45) is 0 Å². The third-order valence-corrected chi connectivity index (χ3v) is 2.98. The number of aryl methyl sites for hydroxylation is 1. The van der Waals surface area contributed by atoms with Crippen molar-refractivity contribution in [1.29, 1.82) is 0 Å². The van der Waals surface area contributed by atoms with Crippen LogP contribution in [0.2, 0.25) is 0 Å². The third-order valence-electron chi connectivity index (χ3n) is 2.98. The van der Waals surface area contributed by atoms with Crippen LogP contribution in [0.4, 0.5) is 0 Å². The maximum Gasteiger partial charge on any atom is 0.328 e. The van der Waals surface area contributed by atoms with Crippen LogP contribution in [-0.2, 0) is 16.1 Å². The number of hydrogen-bond donors (Lipinski definition) is 2. The van der Waals surface area contributed by atoms with Gasteiger partial charge < -0.3 is 15.2 Å². The van der Waals surface area contributed by atoms with Crippen LogP contribution >= 0.6 is 0 Å². The molecule has 0 aromatic carbocycles. The van der Waals surface area contributed by atoms with E-state index in [1.54, 1.807) is 18.7 Å². The Bertz CT molecular complexity index is 415. The molecule has 0 saturated heterocycles. The van der Waals surface area contributed by atoms with Crippen LogP contribution in [0.1, 0.15) is 29.9 Å². The Morgan fingerprint density at radius 2 is 2.22 bits per heavy atom. The molecule has 18 heavy (non-hydrogen) atoms. The SMILES string of the molecule is COCCNCc1c(C)nn(C(C)C(=O)O)c1C. The number of aromatic nitrogens is 2. The van der Waals surface area contributed by atoms with Crippen molar-refractivity contribution in [3.05, 3.63) is 17.0 Å². The number of carboxylic acids is 1. The van der Waals surface area contributed by atoms with Crippen molar-refractivity contribution >= 4 is 5.97 Å². The Morgan fingerprint density at radius 1 is 1.56 bits per heavy atom. The fraction of sp³-hybridized carbons (Fsp3) is 0.667. The monoisotopic (exact) mass is 255 g/mol. The van der Waals surface area contributed by atoms with Crippen molar-refractivity contribution in [3.8, 4) is 0 Å². The summed E-state index contributed by atoms with van der Waals surface area (Å²) in [6.45, 7) is 7.50. The van der Waals surface area contributed by atoms with Crippen LogP contribution in [0, 0.1) is 13.8 Å². The topological polar surface area (TPSA) is 76.4 Å². The van der Waals surface area contributed by atoms with Crippen molar-refractivity contribution < 1.29 is 14.6 Å². The second-order valence-electron chi connectivity index (χ2n) is 4.28. The lowest BCUT2D eigenvalue weighted by atomic mass is 10.2. The first-order valence-electron chi connectivity index (χ1n) is 5.96. The summed E-state index contributed by atoms with van der Waals surface area (Å²) in [7, 11) is 1.66. The lowest BCUT2D eigenvalue weighted by Crippen LogP contribution is -2.20. The highest BCUT2D eigenvalue weighted by molar-refractivity contribution is 5.71. The highest BCUT2D eigenvalue weighted by atomic mass is 16.5. The zero-order valence-corrected chi connectivity index (χ0v) is 11.4. The first kappa shape index (κ1) is 14.7. The normalized spacial score (nSPS) is 12.7. The van der Waals surface area contributed by atoms with E-state index in [0.29, 0.717) is 13.2 Å². The average Bonchev–Trinajstić information content (AvgIpc) is 2.60. The summed E-state index contributed by atoms with van der Waals surface area (Å²) in [6.07, 6.45) is 0. The molecule has 6 nitrogen and oxygen atoms in total. The molecule has 2 N–H and O–H groups in total. The summed E-state index contributed by atoms with van der Waals surface area (Å²) in [4.78, 5) is 11.0. The smallest absolute Gasteiger partial charge is 0.328 e. The van der Waals surface area contributed by atoms with Crippen molar-refractivity contribution in [1.82, 2.24) is 15.1 Å². The fourth-order valence-electron chi connectivity index (χ4n) is 1.82. The molecule has 6 heteroatoms. The van der Waals surface area contributed by atoms with Gasteiger partial charge in [-0.25, -0.2) is 4.79 Å². The first-order chi connectivity index (χ1) is 8.49. The van der Waals surface area contributed by atoms with E-state index >= 15 is 0 Å². The summed E-state index contributed by atoms with van der Waals surface area (Å²) in [5, 5.41) is 16.5. The zero-order chi connectivity index (χ0) is 13.7. The standard InChI is InChI=1S/C12H21N3O3/c1-8-11(7-13-5-6-18-4)9(2)15(14-8)10(3)12(16)17/h10,13H,5-7H2,1-4H3,(H,16,17). The number of nitrogens with one attached hydrogen (secondary N) is 1. The van der Waals surface area contributed by atoms with Crippen LogP contribution < -0.4 is 5.32 Å². The number of methoxy groups -OCH3 is 1. The van der Waals surface area contributed by atoms with Gasteiger partial charge in [-0.1, -0.05) is 0 Å². The minimum Gasteiger partial charge on any atom is -0.480 e. The predicted octanol–water partition coefficient (Wildman–Crippen LogP) is 0.882. The first-order valence-corrected chi connectivity index (χ1v) is 5.96. The molecule has 1 atom stereocenters. The van der Waals surface area contributed by atoms with Crippen molar-refractivity contribution in [3.63, 3.8) is 0 Å². The van der Waals surface area contributed by atoms with E-state index in [2.05, 4.69) is 10.4 Å². The van der Waals surface area contributed by atoms with Crippen molar-refractivity contribution in [2.45, 2.75) is 33.4 Å². The molecule has 0 fully saturated rings. The molecule has 0 amide bonds. The van der Waals surface area contributed by atoms with E-state index in [0.717, 1.165) is 23.5 Å². The quantitative estimate of drug-likeness (QED) is 0.707. The molecular weight excluding hydrogens is 234 g/mol. The second kappa shape index (κ2) is 6.51. The minimum absolute atomic E-state index is 0.642. The zero-order valence-electron chi connectivity index (χ0n) is 11.4. The molecule has 1 unspecified atom stereocenters. The number of rotatable bonds is 7. The largest absolute Gasteiger partial charge is 0.480 e. The fourth-order valence-corrected chi connectivity index (χ4v) is 1.82. The molecule has 1 rings (SSSR count). The summed E-state index contributed by atoms with van der Waals surface area (Å²) in [5.74, 6) is -0.875. The predicted molar refractivity (Wildman–Crippen MR) is 67.6 cm³/mol. The van der Waals surface area contributed by atoms with Gasteiger partial charge in [0.25, 0.3) is 0 Å². The molecule has 0 bridgehead atoms. The van der Waals surface area contributed by atoms with Crippen LogP contribution in [-0.4, -0.2) is 41.1 Å². The minimum atomic E-state index is -0.875. The van der Waals surface area contributed by atoms with E-state index in [9.17, 15) is 4.79 Å². The van der Waals surface area contributed by atoms with Gasteiger partial charge >= 0.3 is 5.97 Å². The van der Waals surface area contributed by atoms with Gasteiger partial charge in [-0.15, -0.1) is 0 Å². The Kier molecular flexibility index (Phi) is 5.30. The highest BCUT2D eigenvalue weighted by Gasteiger charge is 2.19. The average molecular weight is 255 g/mol. The van der Waals surface area contributed by atoms with Gasteiger partial charge in [0.05, 0.1) is 12.3 Å². The van der Waals surface area contributed by atoms with Gasteiger partial charge in [-0.3, -0.25) is 4.68 Å². The van der Waals surface area contributed by atoms with Crippen LogP contribution in [0.25, 0.3) is 0 Å². The summed E-state index contributed by atoms with van der Waals surface area (Å²) < 4.78 is 6.51. The van der Waals surface area contributed by atoms with E-state index in [1.807, 2.05) is 13.8 Å². The Hall–Kier alpha value is -1.40. The summed E-state index contributed by atoms with van der Waals surface area (Å²) in [6, 6.07) is -0.642. The molecule has 0 saturated carbocycles. The number of carbonyl (C=O) groups is 1. The van der Waals surface area contributed by atoms with Gasteiger partial charge in [0.1, 0.15) is 6.04 Å². The molecule has 102 valence electrons. The van der Waals surface area contributed by atoms with Crippen LogP contribution in [0.3, 0.4) is 0 Å². The maximum absolute atomic E-state index is 11.0. The highest BCUT2D eigenvalue weighted by Crippen LogP contribution is 2.17. The van der Waals surface area contributed by atoms with Gasteiger partial charge in [-0.05, 0) is 20.8 Å². The Balaban J connectivity index is 2.78. The van der Waals surface area contributed by atoms with Gasteiger partial charge in [0.15, 0.2) is 0 Å². The molecule has 0 aliphatic carbocycles. The molecule has 1 aromatic rings. The van der Waals surface area contributed by atoms with Crippen LogP contribution in [0.15, 0.2) is 0 Å². The van der Waals surface area contributed by atoms with Crippen molar-refractivity contribution in [2.75, 3.05) is 20.3 Å². The molecular formula is C12H21N3O3. The Labute approximate surface area is 107 Å². The van der Waals surface area contributed by atoms with Gasteiger partial charge in [-0.2, -0.15) is 5.10 Å². The van der Waals surface area contributed by atoms with Gasteiger partial charge in [0, 0.05) is 31.5 Å². The Morgan fingerprint density at radius 3 is 2.78 bits per heavy atom. The second-order valence-corrected chi connectivity index (χ2v) is 4.28. The third kappa shape index (κ3) is 3.30. The number of ether oxygens (including phenoxy) is 1. The number of aliphatic carboxylic acids is 1. The van der Waals surface area contributed by atoms with Gasteiger partial charge in [0.2, 0.25) is 0 Å². The molecule has 0 spiro atoms. The molecule has 0 aliphatic rings. The summed E-state index contributed by atoms with van der Waals surface area (Å²) in [5.41, 5.74) is 2.82. The maximum atomic E-state index is 11.0. The number of hydrogen-bond acceptors (Lipinski definition) is 4. The number of carboxylic acid groups (broad SMARTS) is 1. The van der Waals surface area contributed by atoms with E-state index in [-0.39, 0.29) is 0 Å². The molecule has 1 aromatic heterocycles. The lowest BCUT2D eigenvalue weighted by molar-refractivity contribution is -0.140. The summed E-state index contributed by atoms with van der Waals surface area (Å²) >= 11 is 0. The molecule has 1 heterocycles. The van der Waals surface area contributed by atoms with E-state index in [1.165, 1.54) is 0 Å². The van der Waals surface area contributed by atoms with E-state index in [4.69, 9.17) is 9.84 Å².